The first kappa shape index (κ1) is 13.6. The molecule has 0 aliphatic carbocycles. The first-order chi connectivity index (χ1) is 9.15. The molecule has 19 heavy (non-hydrogen) atoms. The van der Waals surface area contributed by atoms with Crippen LogP contribution >= 0.6 is 0 Å². The average molecular weight is 259 g/mol. The van der Waals surface area contributed by atoms with Crippen molar-refractivity contribution < 1.29 is 4.58 Å². The fourth-order valence-electron chi connectivity index (χ4n) is 2.14. The highest BCUT2D eigenvalue weighted by Gasteiger charge is 2.23. The summed E-state index contributed by atoms with van der Waals surface area (Å²) in [4.78, 5) is 0. The van der Waals surface area contributed by atoms with Crippen LogP contribution in [0.2, 0.25) is 0 Å². The van der Waals surface area contributed by atoms with Gasteiger partial charge in [-0.05, 0) is 31.2 Å². The summed E-state index contributed by atoms with van der Waals surface area (Å²) in [6, 6.07) is 8.55. The van der Waals surface area contributed by atoms with E-state index >= 15 is 0 Å². The number of likely N-dealkylation sites (N-methyl/N-ethyl adjacent to an activating group) is 2. The molecule has 0 saturated carbocycles. The van der Waals surface area contributed by atoms with Crippen LogP contribution in [-0.4, -0.2) is 35.7 Å². The Labute approximate surface area is 115 Å². The molecule has 0 radical (unpaired) electrons. The summed E-state index contributed by atoms with van der Waals surface area (Å²) in [5.74, 6) is 1.15. The number of anilines is 1. The van der Waals surface area contributed by atoms with Crippen molar-refractivity contribution >= 4 is 11.5 Å². The number of aryl methyl sites for hydroxylation is 1. The van der Waals surface area contributed by atoms with Gasteiger partial charge in [-0.1, -0.05) is 19.1 Å². The molecular weight excluding hydrogens is 236 g/mol. The molecule has 1 aromatic rings. The predicted octanol–water partition coefficient (Wildman–Crippen LogP) is 2.01. The monoisotopic (exact) mass is 259 g/mol. The van der Waals surface area contributed by atoms with Crippen LogP contribution in [0.15, 0.2) is 36.5 Å². The van der Waals surface area contributed by atoms with E-state index in [0.717, 1.165) is 17.9 Å². The molecule has 1 heterocycles. The largest absolute Gasteiger partial charge is 0.278 e. The molecule has 0 bridgehead atoms. The molecule has 2 N–H and O–H groups in total. The summed E-state index contributed by atoms with van der Waals surface area (Å²) in [5.41, 5.74) is 5.85. The molecule has 2 rings (SSSR count). The maximum Gasteiger partial charge on any atom is 0.273 e. The van der Waals surface area contributed by atoms with Crippen LogP contribution in [0.4, 0.5) is 5.69 Å². The number of rotatable bonds is 4. The van der Waals surface area contributed by atoms with Gasteiger partial charge in [0.2, 0.25) is 0 Å². The third-order valence-electron chi connectivity index (χ3n) is 3.60. The van der Waals surface area contributed by atoms with Gasteiger partial charge in [-0.2, -0.15) is 0 Å². The quantitative estimate of drug-likeness (QED) is 0.811. The lowest BCUT2D eigenvalue weighted by Gasteiger charge is -2.24. The highest BCUT2D eigenvalue weighted by atomic mass is 15.5. The molecule has 4 heteroatoms. The Morgan fingerprint density at radius 1 is 1.26 bits per heavy atom. The van der Waals surface area contributed by atoms with E-state index in [1.807, 2.05) is 12.1 Å². The molecule has 1 aliphatic heterocycles. The fraction of sp³-hybridized carbons (Fsp3) is 0.400. The van der Waals surface area contributed by atoms with Crippen molar-refractivity contribution in [1.29, 1.82) is 0 Å². The number of hydrogen-bond donors (Lipinski definition) is 2. The summed E-state index contributed by atoms with van der Waals surface area (Å²) in [5, 5.41) is 5.28. The first-order valence-corrected chi connectivity index (χ1v) is 6.72. The molecule has 0 aromatic heterocycles. The Bertz CT molecular complexity index is 487. The predicted molar refractivity (Wildman–Crippen MR) is 80.1 cm³/mol. The van der Waals surface area contributed by atoms with Gasteiger partial charge in [0.1, 0.15) is 6.20 Å². The summed E-state index contributed by atoms with van der Waals surface area (Å²) in [6.07, 6.45) is 5.51. The molecule has 4 nitrogen and oxygen atoms in total. The lowest BCUT2D eigenvalue weighted by molar-refractivity contribution is -0.538. The van der Waals surface area contributed by atoms with E-state index in [0.29, 0.717) is 0 Å². The second-order valence-corrected chi connectivity index (χ2v) is 4.77. The number of amidine groups is 1. The Morgan fingerprint density at radius 2 is 1.95 bits per heavy atom. The Morgan fingerprint density at radius 3 is 2.53 bits per heavy atom. The van der Waals surface area contributed by atoms with Gasteiger partial charge < -0.3 is 0 Å². The van der Waals surface area contributed by atoms with Crippen molar-refractivity contribution in [1.82, 2.24) is 10.3 Å². The SMILES string of the molecule is CCc1ccc(NN2C=CC(NC)[N+](C)=C2C)cc1. The average Bonchev–Trinajstić information content (AvgIpc) is 2.45. The zero-order valence-electron chi connectivity index (χ0n) is 12.1. The van der Waals surface area contributed by atoms with E-state index in [1.165, 1.54) is 5.56 Å². The minimum atomic E-state index is 0.250. The van der Waals surface area contributed by atoms with Gasteiger partial charge in [-0.25, -0.2) is 10.0 Å². The summed E-state index contributed by atoms with van der Waals surface area (Å²) in [6.45, 7) is 4.27. The smallest absolute Gasteiger partial charge is 0.273 e. The van der Waals surface area contributed by atoms with Crippen LogP contribution in [-0.2, 0) is 6.42 Å². The summed E-state index contributed by atoms with van der Waals surface area (Å²) in [7, 11) is 4.04. The van der Waals surface area contributed by atoms with E-state index < -0.39 is 0 Å². The molecule has 0 amide bonds. The van der Waals surface area contributed by atoms with Gasteiger partial charge >= 0.3 is 0 Å². The van der Waals surface area contributed by atoms with Crippen molar-refractivity contribution in [3.8, 4) is 0 Å². The van der Waals surface area contributed by atoms with Gasteiger partial charge in [0, 0.05) is 13.0 Å². The number of nitrogens with zero attached hydrogens (tertiary/aromatic N) is 2. The minimum Gasteiger partial charge on any atom is -0.278 e. The number of nitrogens with one attached hydrogen (secondary N) is 2. The van der Waals surface area contributed by atoms with Gasteiger partial charge in [0.15, 0.2) is 6.17 Å². The standard InChI is InChI=1S/C15H23N4/c1-5-13-6-8-14(9-7-13)17-19-11-10-15(16-3)18(4)12(19)2/h6-11,15-17H,5H2,1-4H3/q+1. The van der Waals surface area contributed by atoms with Gasteiger partial charge in [0.05, 0.1) is 12.7 Å². The van der Waals surface area contributed by atoms with Crippen LogP contribution in [0.3, 0.4) is 0 Å². The molecule has 0 saturated heterocycles. The van der Waals surface area contributed by atoms with E-state index in [4.69, 9.17) is 0 Å². The van der Waals surface area contributed by atoms with Crippen LogP contribution in [0.5, 0.6) is 0 Å². The maximum absolute atomic E-state index is 3.40. The Kier molecular flexibility index (Phi) is 4.22. The van der Waals surface area contributed by atoms with Crippen molar-refractivity contribution in [3.05, 3.63) is 42.1 Å². The Balaban J connectivity index is 2.11. The van der Waals surface area contributed by atoms with E-state index in [1.54, 1.807) is 0 Å². The lowest BCUT2D eigenvalue weighted by atomic mass is 10.1. The molecule has 1 aromatic carbocycles. The van der Waals surface area contributed by atoms with Crippen LogP contribution in [0.1, 0.15) is 19.4 Å². The fourth-order valence-corrected chi connectivity index (χ4v) is 2.14. The number of hydrogen-bond acceptors (Lipinski definition) is 3. The van der Waals surface area contributed by atoms with Crippen LogP contribution in [0, 0.1) is 0 Å². The maximum atomic E-state index is 3.40. The molecule has 0 spiro atoms. The number of benzene rings is 1. The van der Waals surface area contributed by atoms with Gasteiger partial charge in [-0.3, -0.25) is 5.32 Å². The zero-order chi connectivity index (χ0) is 13.8. The van der Waals surface area contributed by atoms with E-state index in [2.05, 4.69) is 72.8 Å². The summed E-state index contributed by atoms with van der Waals surface area (Å²) < 4.78 is 2.19. The normalized spacial score (nSPS) is 18.9. The molecule has 1 aliphatic rings. The molecule has 102 valence electrons. The molecular formula is C15H23N4+. The van der Waals surface area contributed by atoms with E-state index in [9.17, 15) is 0 Å². The highest BCUT2D eigenvalue weighted by Crippen LogP contribution is 2.13. The number of hydrazine groups is 1. The Hall–Kier alpha value is -1.81. The van der Waals surface area contributed by atoms with Crippen molar-refractivity contribution in [2.45, 2.75) is 26.4 Å². The van der Waals surface area contributed by atoms with Crippen LogP contribution in [0.25, 0.3) is 0 Å². The second kappa shape index (κ2) is 5.89. The minimum absolute atomic E-state index is 0.250. The second-order valence-electron chi connectivity index (χ2n) is 4.77. The molecule has 1 unspecified atom stereocenters. The van der Waals surface area contributed by atoms with Crippen molar-refractivity contribution in [2.75, 3.05) is 19.5 Å². The molecule has 1 atom stereocenters. The van der Waals surface area contributed by atoms with Gasteiger partial charge in [0.25, 0.3) is 5.84 Å². The summed E-state index contributed by atoms with van der Waals surface area (Å²) >= 11 is 0. The third-order valence-corrected chi connectivity index (χ3v) is 3.60. The third kappa shape index (κ3) is 2.96. The first-order valence-electron chi connectivity index (χ1n) is 6.72. The van der Waals surface area contributed by atoms with Crippen LogP contribution < -0.4 is 10.7 Å². The highest BCUT2D eigenvalue weighted by molar-refractivity contribution is 5.78. The lowest BCUT2D eigenvalue weighted by Crippen LogP contribution is -2.46. The van der Waals surface area contributed by atoms with Gasteiger partial charge in [-0.15, -0.1) is 5.01 Å². The molecule has 0 fully saturated rings. The zero-order valence-corrected chi connectivity index (χ0v) is 12.1. The van der Waals surface area contributed by atoms with Crippen molar-refractivity contribution in [3.63, 3.8) is 0 Å². The van der Waals surface area contributed by atoms with Crippen molar-refractivity contribution in [2.24, 2.45) is 0 Å². The van der Waals surface area contributed by atoms with E-state index in [-0.39, 0.29) is 6.17 Å². The topological polar surface area (TPSA) is 30.3 Å².